The third-order valence-corrected chi connectivity index (χ3v) is 3.93. The quantitative estimate of drug-likeness (QED) is 0.857. The van der Waals surface area contributed by atoms with Gasteiger partial charge in [0.15, 0.2) is 0 Å². The molecule has 0 aromatic rings. The van der Waals surface area contributed by atoms with E-state index in [9.17, 15) is 4.79 Å². The molecular formula is C16H30N2O4. The highest BCUT2D eigenvalue weighted by Crippen LogP contribution is 2.18. The summed E-state index contributed by atoms with van der Waals surface area (Å²) in [5, 5.41) is 3.41. The van der Waals surface area contributed by atoms with Gasteiger partial charge in [-0.1, -0.05) is 0 Å². The van der Waals surface area contributed by atoms with Crippen LogP contribution in [0.5, 0.6) is 0 Å². The second-order valence-electron chi connectivity index (χ2n) is 7.21. The fourth-order valence-electron chi connectivity index (χ4n) is 2.83. The summed E-state index contributed by atoms with van der Waals surface area (Å²) < 4.78 is 16.8. The van der Waals surface area contributed by atoms with E-state index in [4.69, 9.17) is 14.2 Å². The maximum atomic E-state index is 12.3. The van der Waals surface area contributed by atoms with Gasteiger partial charge >= 0.3 is 6.09 Å². The van der Waals surface area contributed by atoms with Crippen molar-refractivity contribution < 1.29 is 19.0 Å². The molecule has 0 bridgehead atoms. The monoisotopic (exact) mass is 314 g/mol. The molecule has 2 aliphatic heterocycles. The van der Waals surface area contributed by atoms with Crippen LogP contribution in [0.3, 0.4) is 0 Å². The molecule has 2 fully saturated rings. The van der Waals surface area contributed by atoms with E-state index in [1.54, 1.807) is 4.90 Å². The van der Waals surface area contributed by atoms with Crippen molar-refractivity contribution in [3.63, 3.8) is 0 Å². The minimum atomic E-state index is -0.471. The van der Waals surface area contributed by atoms with E-state index < -0.39 is 5.60 Å². The molecule has 1 amide bonds. The van der Waals surface area contributed by atoms with E-state index in [2.05, 4.69) is 12.2 Å². The zero-order valence-corrected chi connectivity index (χ0v) is 14.3. The number of hydrogen-bond donors (Lipinski definition) is 1. The van der Waals surface area contributed by atoms with Gasteiger partial charge in [-0.15, -0.1) is 0 Å². The first-order valence-corrected chi connectivity index (χ1v) is 8.28. The Hall–Kier alpha value is -0.850. The largest absolute Gasteiger partial charge is 0.444 e. The van der Waals surface area contributed by atoms with Gasteiger partial charge in [0, 0.05) is 19.6 Å². The summed E-state index contributed by atoms with van der Waals surface area (Å²) in [6.45, 7) is 11.0. The molecular weight excluding hydrogens is 284 g/mol. The number of carbonyl (C=O) groups excluding carboxylic acids is 1. The number of carbonyl (C=O) groups is 1. The molecule has 128 valence electrons. The normalized spacial score (nSPS) is 29.6. The molecule has 0 aliphatic carbocycles. The van der Waals surface area contributed by atoms with Gasteiger partial charge in [-0.2, -0.15) is 0 Å². The van der Waals surface area contributed by atoms with Gasteiger partial charge in [0.1, 0.15) is 5.60 Å². The van der Waals surface area contributed by atoms with E-state index in [0.717, 1.165) is 19.4 Å². The Balaban J connectivity index is 1.78. The molecule has 2 aliphatic rings. The minimum absolute atomic E-state index is 0.0161. The van der Waals surface area contributed by atoms with Crippen LogP contribution in [0.25, 0.3) is 0 Å². The van der Waals surface area contributed by atoms with Crippen LogP contribution < -0.4 is 5.32 Å². The fourth-order valence-corrected chi connectivity index (χ4v) is 2.83. The summed E-state index contributed by atoms with van der Waals surface area (Å²) in [6.07, 6.45) is 2.62. The Morgan fingerprint density at radius 1 is 1.32 bits per heavy atom. The molecule has 2 saturated heterocycles. The lowest BCUT2D eigenvalue weighted by molar-refractivity contribution is -0.0324. The molecule has 22 heavy (non-hydrogen) atoms. The summed E-state index contributed by atoms with van der Waals surface area (Å²) in [5.74, 6) is 0. The van der Waals surface area contributed by atoms with Crippen molar-refractivity contribution in [1.82, 2.24) is 10.2 Å². The van der Waals surface area contributed by atoms with E-state index in [-0.39, 0.29) is 18.2 Å². The highest BCUT2D eigenvalue weighted by atomic mass is 16.6. The number of ether oxygens (including phenoxy) is 3. The standard InChI is InChI=1S/C16H30N2O4/c1-12-5-6-14(21-12)10-17-9-13-11-20-8-7-18(13)15(19)22-16(2,3)4/h12-14,17H,5-11H2,1-4H3. The molecule has 0 aromatic heterocycles. The van der Waals surface area contributed by atoms with E-state index in [0.29, 0.717) is 32.4 Å². The van der Waals surface area contributed by atoms with E-state index >= 15 is 0 Å². The molecule has 2 heterocycles. The predicted octanol–water partition coefficient (Wildman–Crippen LogP) is 1.78. The molecule has 0 aromatic carbocycles. The number of nitrogens with zero attached hydrogens (tertiary/aromatic N) is 1. The number of rotatable bonds is 4. The lowest BCUT2D eigenvalue weighted by Gasteiger charge is -2.36. The van der Waals surface area contributed by atoms with Crippen LogP contribution >= 0.6 is 0 Å². The smallest absolute Gasteiger partial charge is 0.410 e. The SMILES string of the molecule is CC1CCC(CNCC2COCCN2C(=O)OC(C)(C)C)O1. The Morgan fingerprint density at radius 3 is 2.73 bits per heavy atom. The Labute approximate surface area is 133 Å². The number of morpholine rings is 1. The molecule has 3 unspecified atom stereocenters. The van der Waals surface area contributed by atoms with Gasteiger partial charge in [0.2, 0.25) is 0 Å². The molecule has 2 rings (SSSR count). The lowest BCUT2D eigenvalue weighted by atomic mass is 10.2. The van der Waals surface area contributed by atoms with Crippen molar-refractivity contribution in [2.75, 3.05) is 32.8 Å². The van der Waals surface area contributed by atoms with Crippen LogP contribution in [-0.4, -0.2) is 67.7 Å². The van der Waals surface area contributed by atoms with Gasteiger partial charge in [0.05, 0.1) is 31.5 Å². The van der Waals surface area contributed by atoms with E-state index in [1.165, 1.54) is 0 Å². The van der Waals surface area contributed by atoms with Crippen molar-refractivity contribution in [3.8, 4) is 0 Å². The van der Waals surface area contributed by atoms with Crippen LogP contribution in [0.15, 0.2) is 0 Å². The maximum absolute atomic E-state index is 12.3. The zero-order valence-electron chi connectivity index (χ0n) is 14.3. The topological polar surface area (TPSA) is 60.0 Å². The van der Waals surface area contributed by atoms with Gasteiger partial charge in [-0.25, -0.2) is 4.79 Å². The van der Waals surface area contributed by atoms with Gasteiger partial charge in [-0.05, 0) is 40.5 Å². The van der Waals surface area contributed by atoms with Crippen LogP contribution in [0.4, 0.5) is 4.79 Å². The van der Waals surface area contributed by atoms with E-state index in [1.807, 2.05) is 20.8 Å². The highest BCUT2D eigenvalue weighted by Gasteiger charge is 2.31. The predicted molar refractivity (Wildman–Crippen MR) is 84.0 cm³/mol. The molecule has 0 saturated carbocycles. The van der Waals surface area contributed by atoms with Gasteiger partial charge in [-0.3, -0.25) is 4.90 Å². The van der Waals surface area contributed by atoms with Crippen molar-refractivity contribution in [3.05, 3.63) is 0 Å². The van der Waals surface area contributed by atoms with Crippen LogP contribution in [0, 0.1) is 0 Å². The maximum Gasteiger partial charge on any atom is 0.410 e. The summed E-state index contributed by atoms with van der Waals surface area (Å²) in [5.41, 5.74) is -0.471. The second kappa shape index (κ2) is 7.62. The first kappa shape index (κ1) is 17.5. The number of hydrogen-bond acceptors (Lipinski definition) is 5. The zero-order chi connectivity index (χ0) is 16.2. The van der Waals surface area contributed by atoms with Crippen molar-refractivity contribution in [2.24, 2.45) is 0 Å². The van der Waals surface area contributed by atoms with Gasteiger partial charge < -0.3 is 19.5 Å². The average Bonchev–Trinajstić information content (AvgIpc) is 2.83. The van der Waals surface area contributed by atoms with Crippen LogP contribution in [0.2, 0.25) is 0 Å². The molecule has 3 atom stereocenters. The van der Waals surface area contributed by atoms with Crippen LogP contribution in [-0.2, 0) is 14.2 Å². The van der Waals surface area contributed by atoms with Crippen molar-refractivity contribution in [2.45, 2.75) is 64.4 Å². The Bertz CT molecular complexity index is 370. The minimum Gasteiger partial charge on any atom is -0.444 e. The molecule has 6 nitrogen and oxygen atoms in total. The highest BCUT2D eigenvalue weighted by molar-refractivity contribution is 5.68. The first-order chi connectivity index (χ1) is 10.3. The number of amides is 1. The Morgan fingerprint density at radius 2 is 2.09 bits per heavy atom. The summed E-state index contributed by atoms with van der Waals surface area (Å²) >= 11 is 0. The average molecular weight is 314 g/mol. The third-order valence-electron chi connectivity index (χ3n) is 3.93. The Kier molecular flexibility index (Phi) is 6.06. The van der Waals surface area contributed by atoms with Crippen molar-refractivity contribution >= 4 is 6.09 Å². The fraction of sp³-hybridized carbons (Fsp3) is 0.938. The third kappa shape index (κ3) is 5.41. The lowest BCUT2D eigenvalue weighted by Crippen LogP contribution is -2.54. The molecule has 0 spiro atoms. The summed E-state index contributed by atoms with van der Waals surface area (Å²) in [6, 6.07) is 0.0161. The molecule has 1 N–H and O–H groups in total. The summed E-state index contributed by atoms with van der Waals surface area (Å²) in [4.78, 5) is 14.1. The van der Waals surface area contributed by atoms with Crippen LogP contribution in [0.1, 0.15) is 40.5 Å². The second-order valence-corrected chi connectivity index (χ2v) is 7.21. The molecule has 0 radical (unpaired) electrons. The molecule has 6 heteroatoms. The number of nitrogens with one attached hydrogen (secondary N) is 1. The first-order valence-electron chi connectivity index (χ1n) is 8.28. The summed E-state index contributed by atoms with van der Waals surface area (Å²) in [7, 11) is 0. The van der Waals surface area contributed by atoms with Gasteiger partial charge in [0.25, 0.3) is 0 Å². The van der Waals surface area contributed by atoms with Crippen molar-refractivity contribution in [1.29, 1.82) is 0 Å².